The van der Waals surface area contributed by atoms with E-state index in [9.17, 15) is 4.79 Å². The van der Waals surface area contributed by atoms with E-state index in [2.05, 4.69) is 0 Å². The minimum Gasteiger partial charge on any atom is -0.481 e. The molecule has 8 heavy (non-hydrogen) atoms. The maximum absolute atomic E-state index is 9.73. The number of hydrogen-bond donors (Lipinski definition) is 3. The molecule has 0 rings (SSSR count). The highest BCUT2D eigenvalue weighted by atomic mass is 28.4. The Kier molecular flexibility index (Phi) is 2.14. The molecule has 3 N–H and O–H groups in total. The van der Waals surface area contributed by atoms with Crippen molar-refractivity contribution in [2.24, 2.45) is 0 Å². The van der Waals surface area contributed by atoms with Crippen LogP contribution in [0.5, 0.6) is 0 Å². The summed E-state index contributed by atoms with van der Waals surface area (Å²) in [5.41, 5.74) is 0. The Morgan fingerprint density at radius 1 is 1.62 bits per heavy atom. The lowest BCUT2D eigenvalue weighted by Gasteiger charge is -2.05. The highest BCUT2D eigenvalue weighted by Crippen LogP contribution is 1.97. The summed E-state index contributed by atoms with van der Waals surface area (Å²) in [7, 11) is -3.32. The molecule has 0 aliphatic rings. The van der Waals surface area contributed by atoms with Crippen LogP contribution in [-0.4, -0.2) is 29.2 Å². The largest absolute Gasteiger partial charge is 0.481 e. The lowest BCUT2D eigenvalue weighted by Crippen LogP contribution is -2.32. The van der Waals surface area contributed by atoms with E-state index in [1.807, 2.05) is 0 Å². The van der Waals surface area contributed by atoms with E-state index in [0.717, 1.165) is 6.55 Å². The fourth-order valence-corrected chi connectivity index (χ4v) is 0.859. The summed E-state index contributed by atoms with van der Waals surface area (Å²) < 4.78 is 0. The zero-order chi connectivity index (χ0) is 6.78. The molecule has 0 spiro atoms. The summed E-state index contributed by atoms with van der Waals surface area (Å²) >= 11 is 0. The van der Waals surface area contributed by atoms with Crippen LogP contribution in [0.15, 0.2) is 0 Å². The Labute approximate surface area is 47.6 Å². The molecule has 0 aliphatic heterocycles. The van der Waals surface area contributed by atoms with Crippen LogP contribution in [0.25, 0.3) is 0 Å². The van der Waals surface area contributed by atoms with Crippen LogP contribution in [0.1, 0.15) is 0 Å². The van der Waals surface area contributed by atoms with Gasteiger partial charge in [0.15, 0.2) is 0 Å². The number of aliphatic carboxylic acids is 1. The molecule has 0 atom stereocenters. The van der Waals surface area contributed by atoms with Gasteiger partial charge in [0.2, 0.25) is 0 Å². The number of carboxylic acids is 1. The second kappa shape index (κ2) is 2.25. The predicted molar refractivity (Wildman–Crippen MR) is 28.5 cm³/mol. The highest BCUT2D eigenvalue weighted by molar-refractivity contribution is 6.66. The van der Waals surface area contributed by atoms with E-state index >= 15 is 0 Å². The average molecular weight is 136 g/mol. The van der Waals surface area contributed by atoms with Gasteiger partial charge in [0, 0.05) is 0 Å². The van der Waals surface area contributed by atoms with Crippen LogP contribution in [-0.2, 0) is 4.79 Å². The molecule has 0 aromatic heterocycles. The normalized spacial score (nSPS) is 11.4. The molecule has 0 saturated carbocycles. The van der Waals surface area contributed by atoms with Gasteiger partial charge in [-0.25, -0.2) is 0 Å². The van der Waals surface area contributed by atoms with Crippen LogP contribution in [0, 0.1) is 0 Å². The molecule has 0 aromatic rings. The first-order valence-corrected chi connectivity index (χ1v) is 4.68. The van der Waals surface area contributed by atoms with Crippen molar-refractivity contribution < 1.29 is 19.5 Å². The van der Waals surface area contributed by atoms with Crippen molar-refractivity contribution in [1.82, 2.24) is 0 Å². The fraction of sp³-hybridized carbons (Fsp3) is 0.667. The van der Waals surface area contributed by atoms with Crippen LogP contribution in [0.4, 0.5) is 0 Å². The van der Waals surface area contributed by atoms with Crippen molar-refractivity contribution in [3.8, 4) is 0 Å². The van der Waals surface area contributed by atoms with E-state index in [1.54, 1.807) is 0 Å². The minimum absolute atomic E-state index is 0.507. The molecule has 0 saturated heterocycles. The molecule has 4 nitrogen and oxygen atoms in total. The van der Waals surface area contributed by atoms with Crippen molar-refractivity contribution >= 4 is 14.5 Å². The second-order valence-electron chi connectivity index (χ2n) is 1.79. The first kappa shape index (κ1) is 7.61. The van der Waals surface area contributed by atoms with Crippen LogP contribution in [0.2, 0.25) is 12.6 Å². The Balaban J connectivity index is 3.55. The topological polar surface area (TPSA) is 77.8 Å². The predicted octanol–water partition coefficient (Wildman–Crippen LogP) is -0.872. The first-order chi connectivity index (χ1) is 3.42. The third-order valence-electron chi connectivity index (χ3n) is 0.486. The minimum atomic E-state index is -3.32. The fourth-order valence-electron chi connectivity index (χ4n) is 0.286. The van der Waals surface area contributed by atoms with E-state index in [4.69, 9.17) is 14.7 Å². The summed E-state index contributed by atoms with van der Waals surface area (Å²) in [5.74, 6) is -1.16. The van der Waals surface area contributed by atoms with Crippen LogP contribution < -0.4 is 0 Å². The van der Waals surface area contributed by atoms with Gasteiger partial charge in [-0.1, -0.05) is 0 Å². The summed E-state index contributed by atoms with van der Waals surface area (Å²) in [6, 6.07) is -0.507. The van der Waals surface area contributed by atoms with E-state index in [-0.39, 0.29) is 0 Å². The Morgan fingerprint density at radius 2 is 2.00 bits per heavy atom. The van der Waals surface area contributed by atoms with Crippen molar-refractivity contribution in [1.29, 1.82) is 0 Å². The third-order valence-corrected chi connectivity index (χ3v) is 1.46. The van der Waals surface area contributed by atoms with Crippen molar-refractivity contribution in [2.45, 2.75) is 12.6 Å². The van der Waals surface area contributed by atoms with E-state index in [0.29, 0.717) is 0 Å². The molecule has 0 amide bonds. The van der Waals surface area contributed by atoms with Crippen molar-refractivity contribution in [2.75, 3.05) is 0 Å². The lowest BCUT2D eigenvalue weighted by atomic mass is 10.8. The highest BCUT2D eigenvalue weighted by Gasteiger charge is 2.24. The Bertz CT molecular complexity index is 93.9. The Hall–Kier alpha value is -0.393. The van der Waals surface area contributed by atoms with Gasteiger partial charge in [0.25, 0.3) is 0 Å². The molecule has 0 unspecified atom stereocenters. The lowest BCUT2D eigenvalue weighted by molar-refractivity contribution is -0.134. The van der Waals surface area contributed by atoms with Gasteiger partial charge in [-0.2, -0.15) is 0 Å². The monoisotopic (exact) mass is 136 g/mol. The molecule has 48 valence electrons. The van der Waals surface area contributed by atoms with E-state index in [1.165, 1.54) is 0 Å². The average Bonchev–Trinajstić information content (AvgIpc) is 1.21. The standard InChI is InChI=1S/C3H8O4Si/c1-8(6,7)2-3(4)5/h6-7H,2H2,1H3,(H,4,5). The summed E-state index contributed by atoms with van der Waals surface area (Å²) in [4.78, 5) is 26.7. The molecule has 0 heterocycles. The Morgan fingerprint density at radius 3 is 2.00 bits per heavy atom. The van der Waals surface area contributed by atoms with Gasteiger partial charge in [-0.15, -0.1) is 0 Å². The molecular formula is C3H8O4Si. The summed E-state index contributed by atoms with van der Waals surface area (Å²) in [6.07, 6.45) is 0. The molecule has 0 radical (unpaired) electrons. The number of rotatable bonds is 2. The van der Waals surface area contributed by atoms with Crippen molar-refractivity contribution in [3.63, 3.8) is 0 Å². The quantitative estimate of drug-likeness (QED) is 0.431. The van der Waals surface area contributed by atoms with Gasteiger partial charge < -0.3 is 14.7 Å². The van der Waals surface area contributed by atoms with Gasteiger partial charge in [0.05, 0.1) is 6.04 Å². The zero-order valence-corrected chi connectivity index (χ0v) is 5.46. The van der Waals surface area contributed by atoms with Crippen LogP contribution >= 0.6 is 0 Å². The van der Waals surface area contributed by atoms with Gasteiger partial charge in [0.1, 0.15) is 0 Å². The molecule has 0 aliphatic carbocycles. The zero-order valence-electron chi connectivity index (χ0n) is 4.46. The van der Waals surface area contributed by atoms with Crippen molar-refractivity contribution in [3.05, 3.63) is 0 Å². The smallest absolute Gasteiger partial charge is 0.340 e. The molecular weight excluding hydrogens is 128 g/mol. The molecule has 0 aromatic carbocycles. The first-order valence-electron chi connectivity index (χ1n) is 2.08. The SMILES string of the molecule is C[Si](O)(O)CC(=O)O. The second-order valence-corrected chi connectivity index (χ2v) is 4.58. The van der Waals surface area contributed by atoms with Crippen LogP contribution in [0.3, 0.4) is 0 Å². The summed E-state index contributed by atoms with van der Waals surface area (Å²) in [5, 5.41) is 7.96. The number of carbonyl (C=O) groups is 1. The van der Waals surface area contributed by atoms with Gasteiger partial charge >= 0.3 is 14.5 Å². The maximum atomic E-state index is 9.73. The molecule has 0 fully saturated rings. The third kappa shape index (κ3) is 5.61. The van der Waals surface area contributed by atoms with Gasteiger partial charge in [-0.3, -0.25) is 4.79 Å². The molecule has 0 bridgehead atoms. The molecule has 5 heteroatoms. The summed E-state index contributed by atoms with van der Waals surface area (Å²) in [6.45, 7) is 1.15. The number of hydrogen-bond acceptors (Lipinski definition) is 3. The number of carboxylic acid groups (broad SMARTS) is 1. The maximum Gasteiger partial charge on any atom is 0.340 e. The van der Waals surface area contributed by atoms with Gasteiger partial charge in [-0.05, 0) is 6.55 Å². The van der Waals surface area contributed by atoms with E-state index < -0.39 is 20.6 Å².